The fraction of sp³-hybridized carbons (Fsp3) is 0.333. The molecular weight excluding hydrogens is 375 g/mol. The smallest absolute Gasteiger partial charge is 0.323 e. The molecule has 0 aromatic heterocycles. The van der Waals surface area contributed by atoms with Crippen LogP contribution in [0.5, 0.6) is 0 Å². The summed E-state index contributed by atoms with van der Waals surface area (Å²) in [5, 5.41) is 0. The van der Waals surface area contributed by atoms with Crippen molar-refractivity contribution < 1.29 is 27.3 Å². The summed E-state index contributed by atoms with van der Waals surface area (Å²) < 4.78 is 42.5. The second kappa shape index (κ2) is 8.46. The molecule has 2 aromatic rings. The van der Waals surface area contributed by atoms with Crippen molar-refractivity contribution in [2.45, 2.75) is 37.6 Å². The van der Waals surface area contributed by atoms with Gasteiger partial charge in [-0.1, -0.05) is 55.5 Å². The van der Waals surface area contributed by atoms with E-state index in [1.54, 1.807) is 0 Å². The van der Waals surface area contributed by atoms with Crippen molar-refractivity contribution in [3.8, 4) is 11.1 Å². The van der Waals surface area contributed by atoms with Crippen LogP contribution in [0, 0.1) is 0 Å². The Hall–Kier alpha value is -1.50. The van der Waals surface area contributed by atoms with Gasteiger partial charge >= 0.3 is 7.60 Å². The van der Waals surface area contributed by atoms with Gasteiger partial charge in [-0.3, -0.25) is 9.12 Å². The Morgan fingerprint density at radius 1 is 0.923 bits per heavy atom. The highest BCUT2D eigenvalue weighted by Crippen LogP contribution is 2.46. The summed E-state index contributed by atoms with van der Waals surface area (Å²) in [5.41, 5.74) is 4.35. The van der Waals surface area contributed by atoms with Crippen LogP contribution in [0.1, 0.15) is 30.9 Å². The maximum Gasteiger partial charge on any atom is 0.346 e. The molecule has 0 aliphatic heterocycles. The van der Waals surface area contributed by atoms with Crippen LogP contribution in [0.4, 0.5) is 0 Å². The molecule has 3 N–H and O–H groups in total. The standard InChI is InChI=1S/C18H23O6PS/c1-2-14-6-10-16(11-7-14)17-12-8-15(9-13-17)4-3-5-18(25(19,20)21)26(22,23)24/h6-13,18H,2-5H2,1H3,(H2,19,20,21)(H,22,23,24). The largest absolute Gasteiger partial charge is 0.346 e. The Bertz CT molecular complexity index is 869. The fourth-order valence-corrected chi connectivity index (χ4v) is 5.14. The Morgan fingerprint density at radius 2 is 1.38 bits per heavy atom. The van der Waals surface area contributed by atoms with Gasteiger partial charge in [-0.15, -0.1) is 0 Å². The molecule has 0 spiro atoms. The lowest BCUT2D eigenvalue weighted by Gasteiger charge is -2.15. The van der Waals surface area contributed by atoms with Gasteiger partial charge in [0.2, 0.25) is 0 Å². The molecular formula is C18H23O6PS. The Balaban J connectivity index is 1.99. The molecule has 1 atom stereocenters. The van der Waals surface area contributed by atoms with E-state index in [-0.39, 0.29) is 12.8 Å². The predicted octanol–water partition coefficient (Wildman–Crippen LogP) is 3.63. The van der Waals surface area contributed by atoms with E-state index in [0.717, 1.165) is 23.1 Å². The Labute approximate surface area is 153 Å². The molecule has 0 aliphatic rings. The molecule has 0 amide bonds. The van der Waals surface area contributed by atoms with Crippen molar-refractivity contribution in [1.29, 1.82) is 0 Å². The van der Waals surface area contributed by atoms with Crippen LogP contribution in [0.2, 0.25) is 0 Å². The quantitative estimate of drug-likeness (QED) is 0.462. The summed E-state index contributed by atoms with van der Waals surface area (Å²) in [6.45, 7) is 2.10. The van der Waals surface area contributed by atoms with Crippen LogP contribution in [0.25, 0.3) is 11.1 Å². The van der Waals surface area contributed by atoms with E-state index in [9.17, 15) is 13.0 Å². The highest BCUT2D eigenvalue weighted by atomic mass is 32.2. The molecule has 1 unspecified atom stereocenters. The van der Waals surface area contributed by atoms with E-state index in [4.69, 9.17) is 14.3 Å². The van der Waals surface area contributed by atoms with Crippen molar-refractivity contribution in [2.75, 3.05) is 0 Å². The zero-order chi connectivity index (χ0) is 19.4. The van der Waals surface area contributed by atoms with Gasteiger partial charge in [0.15, 0.2) is 4.99 Å². The lowest BCUT2D eigenvalue weighted by molar-refractivity contribution is 0.360. The third-order valence-corrected chi connectivity index (χ3v) is 7.84. The van der Waals surface area contributed by atoms with Crippen LogP contribution in [-0.4, -0.2) is 27.7 Å². The molecule has 8 heteroatoms. The van der Waals surface area contributed by atoms with Crippen molar-refractivity contribution in [3.05, 3.63) is 59.7 Å². The second-order valence-electron chi connectivity index (χ2n) is 6.20. The van der Waals surface area contributed by atoms with Crippen LogP contribution < -0.4 is 0 Å². The maximum atomic E-state index is 11.2. The summed E-state index contributed by atoms with van der Waals surface area (Å²) in [6, 6.07) is 16.0. The summed E-state index contributed by atoms with van der Waals surface area (Å²) in [4.78, 5) is 16.1. The van der Waals surface area contributed by atoms with Crippen molar-refractivity contribution >= 4 is 17.7 Å². The number of aryl methyl sites for hydroxylation is 2. The predicted molar refractivity (Wildman–Crippen MR) is 102 cm³/mol. The van der Waals surface area contributed by atoms with Gasteiger partial charge in [-0.05, 0) is 47.9 Å². The molecule has 6 nitrogen and oxygen atoms in total. The van der Waals surface area contributed by atoms with Crippen LogP contribution >= 0.6 is 7.60 Å². The monoisotopic (exact) mass is 398 g/mol. The van der Waals surface area contributed by atoms with Gasteiger partial charge in [-0.2, -0.15) is 8.42 Å². The van der Waals surface area contributed by atoms with E-state index in [1.165, 1.54) is 5.56 Å². The van der Waals surface area contributed by atoms with Gasteiger partial charge < -0.3 is 9.79 Å². The number of hydrogen-bond donors (Lipinski definition) is 3. The van der Waals surface area contributed by atoms with E-state index in [1.807, 2.05) is 24.3 Å². The van der Waals surface area contributed by atoms with Gasteiger partial charge in [0.25, 0.3) is 10.1 Å². The molecule has 0 fully saturated rings. The normalized spacial score (nSPS) is 13.5. The molecule has 0 saturated carbocycles. The minimum absolute atomic E-state index is 0.236. The Kier molecular flexibility index (Phi) is 6.77. The van der Waals surface area contributed by atoms with Crippen molar-refractivity contribution in [2.24, 2.45) is 0 Å². The number of hydrogen-bond acceptors (Lipinski definition) is 3. The molecule has 0 saturated heterocycles. The third-order valence-electron chi connectivity index (χ3n) is 4.28. The first-order valence-corrected chi connectivity index (χ1v) is 11.5. The molecule has 26 heavy (non-hydrogen) atoms. The average molecular weight is 398 g/mol. The van der Waals surface area contributed by atoms with Gasteiger partial charge in [0.1, 0.15) is 0 Å². The minimum Gasteiger partial charge on any atom is -0.323 e. The molecule has 0 aliphatic carbocycles. The van der Waals surface area contributed by atoms with E-state index in [2.05, 4.69) is 31.2 Å². The van der Waals surface area contributed by atoms with Gasteiger partial charge in [-0.25, -0.2) is 0 Å². The molecule has 142 valence electrons. The van der Waals surface area contributed by atoms with Crippen molar-refractivity contribution in [3.63, 3.8) is 0 Å². The topological polar surface area (TPSA) is 112 Å². The first kappa shape index (κ1) is 20.8. The summed E-state index contributed by atoms with van der Waals surface area (Å²) in [6.07, 6.45) is 1.38. The number of rotatable bonds is 8. The SMILES string of the molecule is CCc1ccc(-c2ccc(CCCC(P(=O)(O)O)S(=O)(=O)O)cc2)cc1. The Morgan fingerprint density at radius 3 is 1.77 bits per heavy atom. The third kappa shape index (κ3) is 5.76. The number of benzene rings is 2. The summed E-state index contributed by atoms with van der Waals surface area (Å²) >= 11 is 0. The first-order chi connectivity index (χ1) is 12.1. The van der Waals surface area contributed by atoms with Crippen LogP contribution in [0.15, 0.2) is 48.5 Å². The van der Waals surface area contributed by atoms with E-state index < -0.39 is 22.7 Å². The highest BCUT2D eigenvalue weighted by Gasteiger charge is 2.38. The maximum absolute atomic E-state index is 11.2. The zero-order valence-corrected chi connectivity index (χ0v) is 16.2. The van der Waals surface area contributed by atoms with Gasteiger partial charge in [0.05, 0.1) is 0 Å². The highest BCUT2D eigenvalue weighted by molar-refractivity contribution is 7.93. The second-order valence-corrected chi connectivity index (χ2v) is 9.95. The zero-order valence-electron chi connectivity index (χ0n) is 14.4. The first-order valence-electron chi connectivity index (χ1n) is 8.31. The summed E-state index contributed by atoms with van der Waals surface area (Å²) in [7, 11) is -9.70. The van der Waals surface area contributed by atoms with Gasteiger partial charge in [0, 0.05) is 0 Å². The van der Waals surface area contributed by atoms with Crippen LogP contribution in [-0.2, 0) is 27.5 Å². The van der Waals surface area contributed by atoms with E-state index >= 15 is 0 Å². The van der Waals surface area contributed by atoms with E-state index in [0.29, 0.717) is 6.42 Å². The molecule has 2 aromatic carbocycles. The van der Waals surface area contributed by atoms with Crippen LogP contribution in [0.3, 0.4) is 0 Å². The van der Waals surface area contributed by atoms with Crippen molar-refractivity contribution in [1.82, 2.24) is 0 Å². The molecule has 0 heterocycles. The lowest BCUT2D eigenvalue weighted by atomic mass is 10.0. The molecule has 2 rings (SSSR count). The average Bonchev–Trinajstić information content (AvgIpc) is 2.57. The lowest BCUT2D eigenvalue weighted by Crippen LogP contribution is -2.20. The summed E-state index contributed by atoms with van der Waals surface area (Å²) in [5.74, 6) is 0. The molecule has 0 radical (unpaired) electrons. The minimum atomic E-state index is -4.91. The fourth-order valence-electron chi connectivity index (χ4n) is 2.77. The molecule has 0 bridgehead atoms.